The molecule has 1 saturated heterocycles. The molecule has 0 amide bonds. The van der Waals surface area contributed by atoms with Crippen LogP contribution < -0.4 is 15.1 Å². The molecular weight excluding hydrogens is 358 g/mol. The molecule has 5 nitrogen and oxygen atoms in total. The topological polar surface area (TPSA) is 44.3 Å². The van der Waals surface area contributed by atoms with Crippen LogP contribution in [-0.4, -0.2) is 36.1 Å². The third-order valence-corrected chi connectivity index (χ3v) is 5.50. The highest BCUT2D eigenvalue weighted by Crippen LogP contribution is 2.21. The van der Waals surface area contributed by atoms with Gasteiger partial charge in [-0.25, -0.2) is 9.97 Å². The van der Waals surface area contributed by atoms with Crippen LogP contribution >= 0.6 is 0 Å². The molecule has 0 atom stereocenters. The van der Waals surface area contributed by atoms with E-state index in [4.69, 9.17) is 4.98 Å². The van der Waals surface area contributed by atoms with E-state index in [1.165, 1.54) is 16.7 Å². The van der Waals surface area contributed by atoms with Crippen LogP contribution in [0.5, 0.6) is 0 Å². The minimum atomic E-state index is 0.819. The smallest absolute Gasteiger partial charge is 0.133 e. The zero-order valence-electron chi connectivity index (χ0n) is 17.1. The van der Waals surface area contributed by atoms with Gasteiger partial charge in [-0.15, -0.1) is 0 Å². The van der Waals surface area contributed by atoms with Crippen LogP contribution in [-0.2, 0) is 19.5 Å². The van der Waals surface area contributed by atoms with Crippen LogP contribution in [0.2, 0.25) is 0 Å². The Morgan fingerprint density at radius 2 is 1.48 bits per heavy atom. The van der Waals surface area contributed by atoms with E-state index in [0.29, 0.717) is 0 Å². The number of nitrogens with one attached hydrogen (secondary N) is 1. The minimum absolute atomic E-state index is 0.819. The van der Waals surface area contributed by atoms with Gasteiger partial charge in [0.25, 0.3) is 0 Å². The Hall–Kier alpha value is -2.92. The molecule has 1 aliphatic heterocycles. The number of rotatable bonds is 7. The highest BCUT2D eigenvalue weighted by molar-refractivity contribution is 5.49. The molecule has 5 heteroatoms. The van der Waals surface area contributed by atoms with Crippen LogP contribution in [0.25, 0.3) is 0 Å². The van der Waals surface area contributed by atoms with Crippen LogP contribution in [0.3, 0.4) is 0 Å². The van der Waals surface area contributed by atoms with Crippen molar-refractivity contribution in [1.82, 2.24) is 15.3 Å². The average Bonchev–Trinajstić information content (AvgIpc) is 2.81. The Labute approximate surface area is 173 Å². The lowest BCUT2D eigenvalue weighted by Crippen LogP contribution is -2.47. The lowest BCUT2D eigenvalue weighted by atomic mass is 10.1. The van der Waals surface area contributed by atoms with Gasteiger partial charge in [0.05, 0.1) is 0 Å². The molecule has 0 radical (unpaired) electrons. The van der Waals surface area contributed by atoms with Gasteiger partial charge in [0.1, 0.15) is 11.6 Å². The number of nitrogens with zero attached hydrogens (tertiary/aromatic N) is 4. The third-order valence-electron chi connectivity index (χ3n) is 5.50. The standard InChI is InChI=1S/C24H29N5/c1-2-20-8-10-21(11-9-20)18-25-19-22-6-5-13-27-24(22)29-16-14-28(15-17-29)23-7-3-4-12-26-23/h3-13,25H,2,14-19H2,1H3. The highest BCUT2D eigenvalue weighted by Gasteiger charge is 2.20. The number of piperazine rings is 1. The molecule has 0 spiro atoms. The average molecular weight is 388 g/mol. The molecule has 2 aromatic heterocycles. The van der Waals surface area contributed by atoms with Crippen molar-refractivity contribution in [3.63, 3.8) is 0 Å². The summed E-state index contributed by atoms with van der Waals surface area (Å²) in [5, 5.41) is 3.58. The summed E-state index contributed by atoms with van der Waals surface area (Å²) in [6.45, 7) is 7.71. The Morgan fingerprint density at radius 1 is 0.759 bits per heavy atom. The van der Waals surface area contributed by atoms with Gasteiger partial charge in [-0.2, -0.15) is 0 Å². The summed E-state index contributed by atoms with van der Waals surface area (Å²) in [4.78, 5) is 13.9. The molecule has 0 saturated carbocycles. The van der Waals surface area contributed by atoms with E-state index >= 15 is 0 Å². The van der Waals surface area contributed by atoms with Crippen molar-refractivity contribution in [3.8, 4) is 0 Å². The molecule has 1 N–H and O–H groups in total. The Balaban J connectivity index is 1.34. The second-order valence-corrected chi connectivity index (χ2v) is 7.42. The fourth-order valence-corrected chi connectivity index (χ4v) is 3.78. The summed E-state index contributed by atoms with van der Waals surface area (Å²) < 4.78 is 0. The summed E-state index contributed by atoms with van der Waals surface area (Å²) in [6, 6.07) is 19.2. The highest BCUT2D eigenvalue weighted by atomic mass is 15.3. The summed E-state index contributed by atoms with van der Waals surface area (Å²) in [5.41, 5.74) is 3.95. The molecule has 0 bridgehead atoms. The zero-order valence-corrected chi connectivity index (χ0v) is 17.1. The predicted octanol–water partition coefficient (Wildman–Crippen LogP) is 3.66. The van der Waals surface area contributed by atoms with Crippen molar-refractivity contribution in [1.29, 1.82) is 0 Å². The van der Waals surface area contributed by atoms with Crippen molar-refractivity contribution in [2.45, 2.75) is 26.4 Å². The summed E-state index contributed by atoms with van der Waals surface area (Å²) in [5.74, 6) is 2.16. The molecule has 29 heavy (non-hydrogen) atoms. The molecule has 0 aliphatic carbocycles. The minimum Gasteiger partial charge on any atom is -0.353 e. The van der Waals surface area contributed by atoms with Crippen LogP contribution in [0.15, 0.2) is 67.0 Å². The first-order valence-electron chi connectivity index (χ1n) is 10.5. The van der Waals surface area contributed by atoms with Gasteiger partial charge in [0.15, 0.2) is 0 Å². The summed E-state index contributed by atoms with van der Waals surface area (Å²) in [7, 11) is 0. The van der Waals surface area contributed by atoms with Gasteiger partial charge in [-0.1, -0.05) is 43.3 Å². The maximum Gasteiger partial charge on any atom is 0.133 e. The van der Waals surface area contributed by atoms with Crippen molar-refractivity contribution in [3.05, 3.63) is 83.7 Å². The Morgan fingerprint density at radius 3 is 2.21 bits per heavy atom. The second-order valence-electron chi connectivity index (χ2n) is 7.42. The molecule has 150 valence electrons. The van der Waals surface area contributed by atoms with E-state index in [1.807, 2.05) is 30.6 Å². The maximum absolute atomic E-state index is 4.70. The van der Waals surface area contributed by atoms with Crippen molar-refractivity contribution >= 4 is 11.6 Å². The normalized spacial score (nSPS) is 14.2. The quantitative estimate of drug-likeness (QED) is 0.670. The number of anilines is 2. The van der Waals surface area contributed by atoms with Crippen LogP contribution in [0.4, 0.5) is 11.6 Å². The lowest BCUT2D eigenvalue weighted by molar-refractivity contribution is 0.631. The Kier molecular flexibility index (Phi) is 6.37. The molecule has 1 aromatic carbocycles. The maximum atomic E-state index is 4.70. The largest absolute Gasteiger partial charge is 0.353 e. The van der Waals surface area contributed by atoms with Gasteiger partial charge in [0.2, 0.25) is 0 Å². The summed E-state index contributed by atoms with van der Waals surface area (Å²) in [6.07, 6.45) is 4.84. The Bertz CT molecular complexity index is 887. The van der Waals surface area contributed by atoms with Gasteiger partial charge in [0, 0.05) is 57.2 Å². The monoisotopic (exact) mass is 387 g/mol. The number of benzene rings is 1. The molecule has 0 unspecified atom stereocenters. The van der Waals surface area contributed by atoms with E-state index in [1.54, 1.807) is 0 Å². The first kappa shape index (κ1) is 19.4. The number of pyridine rings is 2. The van der Waals surface area contributed by atoms with E-state index in [9.17, 15) is 0 Å². The van der Waals surface area contributed by atoms with Crippen LogP contribution in [0, 0.1) is 0 Å². The molecule has 3 aromatic rings. The van der Waals surface area contributed by atoms with Crippen molar-refractivity contribution in [2.24, 2.45) is 0 Å². The fourth-order valence-electron chi connectivity index (χ4n) is 3.78. The predicted molar refractivity (Wildman–Crippen MR) is 119 cm³/mol. The van der Waals surface area contributed by atoms with Crippen LogP contribution in [0.1, 0.15) is 23.6 Å². The van der Waals surface area contributed by atoms with Gasteiger partial charge >= 0.3 is 0 Å². The van der Waals surface area contributed by atoms with Gasteiger partial charge < -0.3 is 15.1 Å². The number of aromatic nitrogens is 2. The lowest BCUT2D eigenvalue weighted by Gasteiger charge is -2.36. The number of aryl methyl sites for hydroxylation is 1. The van der Waals surface area contributed by atoms with Gasteiger partial charge in [-0.05, 0) is 35.7 Å². The number of hydrogen-bond acceptors (Lipinski definition) is 5. The number of hydrogen-bond donors (Lipinski definition) is 1. The molecule has 3 heterocycles. The van der Waals surface area contributed by atoms with Gasteiger partial charge in [-0.3, -0.25) is 0 Å². The molecule has 1 aliphatic rings. The molecular formula is C24H29N5. The fraction of sp³-hybridized carbons (Fsp3) is 0.333. The first-order valence-corrected chi connectivity index (χ1v) is 10.5. The summed E-state index contributed by atoms with van der Waals surface area (Å²) >= 11 is 0. The molecule has 1 fully saturated rings. The zero-order chi connectivity index (χ0) is 19.9. The first-order chi connectivity index (χ1) is 14.3. The SMILES string of the molecule is CCc1ccc(CNCc2cccnc2N2CCN(c3ccccn3)CC2)cc1. The third kappa shape index (κ3) is 4.93. The van der Waals surface area contributed by atoms with E-state index < -0.39 is 0 Å². The van der Waals surface area contributed by atoms with Crippen molar-refractivity contribution < 1.29 is 0 Å². The van der Waals surface area contributed by atoms with E-state index in [0.717, 1.165) is 57.3 Å². The van der Waals surface area contributed by atoms with E-state index in [-0.39, 0.29) is 0 Å². The van der Waals surface area contributed by atoms with E-state index in [2.05, 4.69) is 63.4 Å². The second kappa shape index (κ2) is 9.52. The van der Waals surface area contributed by atoms with Crippen molar-refractivity contribution in [2.75, 3.05) is 36.0 Å². The molecule has 4 rings (SSSR count).